The molecular weight excluding hydrogens is 150 g/mol. The second kappa shape index (κ2) is 4.61. The van der Waals surface area contributed by atoms with Crippen molar-refractivity contribution in [3.8, 4) is 0 Å². The van der Waals surface area contributed by atoms with E-state index in [9.17, 15) is 0 Å². The molecule has 0 radical (unpaired) electrons. The van der Waals surface area contributed by atoms with Crippen molar-refractivity contribution in [2.75, 3.05) is 13.2 Å². The number of hydrogen-bond acceptors (Lipinski definition) is 2. The van der Waals surface area contributed by atoms with E-state index < -0.39 is 0 Å². The summed E-state index contributed by atoms with van der Waals surface area (Å²) in [6.07, 6.45) is 3.88. The van der Waals surface area contributed by atoms with Crippen LogP contribution in [-0.2, 0) is 0 Å². The molecule has 1 aliphatic rings. The van der Waals surface area contributed by atoms with Crippen molar-refractivity contribution >= 4 is 5.71 Å². The van der Waals surface area contributed by atoms with Gasteiger partial charge in [-0.1, -0.05) is 20.3 Å². The van der Waals surface area contributed by atoms with Gasteiger partial charge in [0.25, 0.3) is 0 Å². The molecule has 0 saturated heterocycles. The van der Waals surface area contributed by atoms with Crippen LogP contribution in [0.5, 0.6) is 0 Å². The molecular formula is C10H19NO. The minimum Gasteiger partial charge on any atom is -0.394 e. The van der Waals surface area contributed by atoms with Crippen LogP contribution in [0.4, 0.5) is 0 Å². The van der Waals surface area contributed by atoms with E-state index in [2.05, 4.69) is 18.8 Å². The Bertz CT molecular complexity index is 153. The van der Waals surface area contributed by atoms with Gasteiger partial charge in [-0.2, -0.15) is 0 Å². The Balaban J connectivity index is 2.56. The molecule has 12 heavy (non-hydrogen) atoms. The third-order valence-electron chi connectivity index (χ3n) is 2.68. The summed E-state index contributed by atoms with van der Waals surface area (Å²) in [6, 6.07) is 0. The molecule has 0 heterocycles. The van der Waals surface area contributed by atoms with Gasteiger partial charge in [-0.25, -0.2) is 0 Å². The van der Waals surface area contributed by atoms with E-state index in [4.69, 9.17) is 5.11 Å². The van der Waals surface area contributed by atoms with Crippen LogP contribution in [0.15, 0.2) is 4.99 Å². The van der Waals surface area contributed by atoms with Gasteiger partial charge < -0.3 is 5.11 Å². The van der Waals surface area contributed by atoms with E-state index in [1.54, 1.807) is 0 Å². The fourth-order valence-electron chi connectivity index (χ4n) is 2.00. The lowest BCUT2D eigenvalue weighted by molar-refractivity contribution is 0.306. The fraction of sp³-hybridized carbons (Fsp3) is 0.900. The normalized spacial score (nSPS) is 30.4. The lowest BCUT2D eigenvalue weighted by Crippen LogP contribution is -2.25. The summed E-state index contributed by atoms with van der Waals surface area (Å²) in [5, 5.41) is 8.66. The van der Waals surface area contributed by atoms with Gasteiger partial charge in [-0.3, -0.25) is 4.99 Å². The maximum absolute atomic E-state index is 8.66. The van der Waals surface area contributed by atoms with Gasteiger partial charge in [0, 0.05) is 5.71 Å². The van der Waals surface area contributed by atoms with Gasteiger partial charge in [-0.15, -0.1) is 0 Å². The topological polar surface area (TPSA) is 32.6 Å². The molecule has 70 valence electrons. The van der Waals surface area contributed by atoms with Crippen LogP contribution in [0.2, 0.25) is 0 Å². The zero-order chi connectivity index (χ0) is 8.97. The minimum absolute atomic E-state index is 0.183. The van der Waals surface area contributed by atoms with Crippen LogP contribution in [0.1, 0.15) is 33.1 Å². The van der Waals surface area contributed by atoms with E-state index >= 15 is 0 Å². The number of aliphatic hydroxyl groups is 1. The first-order valence-electron chi connectivity index (χ1n) is 4.90. The van der Waals surface area contributed by atoms with E-state index in [1.165, 1.54) is 25.0 Å². The van der Waals surface area contributed by atoms with Crippen molar-refractivity contribution in [3.05, 3.63) is 0 Å². The van der Waals surface area contributed by atoms with Crippen LogP contribution >= 0.6 is 0 Å². The van der Waals surface area contributed by atoms with E-state index in [0.717, 1.165) is 0 Å². The molecule has 0 aromatic rings. The summed E-state index contributed by atoms with van der Waals surface area (Å²) in [7, 11) is 0. The monoisotopic (exact) mass is 169 g/mol. The van der Waals surface area contributed by atoms with E-state index in [-0.39, 0.29) is 6.61 Å². The van der Waals surface area contributed by atoms with Crippen LogP contribution in [0, 0.1) is 11.8 Å². The maximum atomic E-state index is 8.66. The van der Waals surface area contributed by atoms with Crippen molar-refractivity contribution < 1.29 is 5.11 Å². The zero-order valence-corrected chi connectivity index (χ0v) is 8.08. The fourth-order valence-corrected chi connectivity index (χ4v) is 2.00. The molecule has 2 heteroatoms. The summed E-state index contributed by atoms with van der Waals surface area (Å²) in [5.74, 6) is 1.28. The summed E-state index contributed by atoms with van der Waals surface area (Å²) >= 11 is 0. The van der Waals surface area contributed by atoms with Crippen molar-refractivity contribution in [1.29, 1.82) is 0 Å². The number of rotatable bonds is 2. The lowest BCUT2D eigenvalue weighted by atomic mass is 9.81. The lowest BCUT2D eigenvalue weighted by Gasteiger charge is -2.26. The molecule has 2 atom stereocenters. The Hall–Kier alpha value is -0.370. The Labute approximate surface area is 74.7 Å². The predicted molar refractivity (Wildman–Crippen MR) is 51.6 cm³/mol. The Morgan fingerprint density at radius 3 is 2.42 bits per heavy atom. The van der Waals surface area contributed by atoms with Crippen molar-refractivity contribution in [2.24, 2.45) is 16.8 Å². The van der Waals surface area contributed by atoms with Gasteiger partial charge in [-0.05, 0) is 24.7 Å². The zero-order valence-electron chi connectivity index (χ0n) is 8.08. The van der Waals surface area contributed by atoms with Gasteiger partial charge >= 0.3 is 0 Å². The molecule has 0 spiro atoms. The standard InChI is InChI=1S/C10H19NO/c1-8-4-3-5-9(2)10(8)11-6-7-12/h8-9,12H,3-7H2,1-2H3. The molecule has 0 aliphatic heterocycles. The molecule has 2 unspecified atom stereocenters. The van der Waals surface area contributed by atoms with Crippen LogP contribution in [-0.4, -0.2) is 24.0 Å². The number of aliphatic hydroxyl groups excluding tert-OH is 1. The number of nitrogens with zero attached hydrogens (tertiary/aromatic N) is 1. The number of aliphatic imine (C=N–C) groups is 1. The molecule has 1 N–H and O–H groups in total. The van der Waals surface area contributed by atoms with Gasteiger partial charge in [0.05, 0.1) is 13.2 Å². The molecule has 1 fully saturated rings. The molecule has 2 nitrogen and oxygen atoms in total. The first-order valence-corrected chi connectivity index (χ1v) is 4.90. The van der Waals surface area contributed by atoms with Crippen molar-refractivity contribution in [2.45, 2.75) is 33.1 Å². The highest BCUT2D eigenvalue weighted by Crippen LogP contribution is 2.25. The first kappa shape index (κ1) is 9.72. The number of hydrogen-bond donors (Lipinski definition) is 1. The Morgan fingerprint density at radius 1 is 1.33 bits per heavy atom. The highest BCUT2D eigenvalue weighted by atomic mass is 16.3. The van der Waals surface area contributed by atoms with E-state index in [1.807, 2.05) is 0 Å². The van der Waals surface area contributed by atoms with Crippen molar-refractivity contribution in [3.63, 3.8) is 0 Å². The van der Waals surface area contributed by atoms with Gasteiger partial charge in [0.1, 0.15) is 0 Å². The highest BCUT2D eigenvalue weighted by molar-refractivity contribution is 5.89. The average molecular weight is 169 g/mol. The van der Waals surface area contributed by atoms with Crippen LogP contribution < -0.4 is 0 Å². The summed E-state index contributed by atoms with van der Waals surface area (Å²) in [6.45, 7) is 5.25. The summed E-state index contributed by atoms with van der Waals surface area (Å²) in [5.41, 5.74) is 1.33. The first-order chi connectivity index (χ1) is 5.75. The second-order valence-corrected chi connectivity index (χ2v) is 3.76. The third kappa shape index (κ3) is 2.31. The Morgan fingerprint density at radius 2 is 1.92 bits per heavy atom. The second-order valence-electron chi connectivity index (χ2n) is 3.76. The molecule has 0 amide bonds. The summed E-state index contributed by atoms with van der Waals surface area (Å²) < 4.78 is 0. The van der Waals surface area contributed by atoms with Crippen LogP contribution in [0.25, 0.3) is 0 Å². The van der Waals surface area contributed by atoms with Gasteiger partial charge in [0.15, 0.2) is 0 Å². The summed E-state index contributed by atoms with van der Waals surface area (Å²) in [4.78, 5) is 4.43. The maximum Gasteiger partial charge on any atom is 0.0626 e. The largest absolute Gasteiger partial charge is 0.394 e. The van der Waals surface area contributed by atoms with Crippen molar-refractivity contribution in [1.82, 2.24) is 0 Å². The Kier molecular flexibility index (Phi) is 3.73. The highest BCUT2D eigenvalue weighted by Gasteiger charge is 2.21. The average Bonchev–Trinajstić information content (AvgIpc) is 2.04. The quantitative estimate of drug-likeness (QED) is 0.672. The smallest absolute Gasteiger partial charge is 0.0626 e. The minimum atomic E-state index is 0.183. The molecule has 0 aromatic heterocycles. The van der Waals surface area contributed by atoms with Crippen LogP contribution in [0.3, 0.4) is 0 Å². The van der Waals surface area contributed by atoms with E-state index in [0.29, 0.717) is 18.4 Å². The molecule has 0 bridgehead atoms. The van der Waals surface area contributed by atoms with Gasteiger partial charge in [0.2, 0.25) is 0 Å². The molecule has 1 saturated carbocycles. The predicted octanol–water partition coefficient (Wildman–Crippen LogP) is 1.88. The molecule has 0 aromatic carbocycles. The SMILES string of the molecule is CC1CCCC(C)C1=NCCO. The molecule has 1 aliphatic carbocycles. The molecule has 1 rings (SSSR count). The third-order valence-corrected chi connectivity index (χ3v) is 2.68.